The van der Waals surface area contributed by atoms with Crippen molar-refractivity contribution in [2.45, 2.75) is 45.3 Å². The van der Waals surface area contributed by atoms with E-state index in [9.17, 15) is 5.11 Å². The van der Waals surface area contributed by atoms with Crippen LogP contribution in [0.25, 0.3) is 0 Å². The highest BCUT2D eigenvalue weighted by Crippen LogP contribution is 2.19. The van der Waals surface area contributed by atoms with Gasteiger partial charge < -0.3 is 19.9 Å². The minimum absolute atomic E-state index is 0.259. The zero-order valence-electron chi connectivity index (χ0n) is 13.5. The Balaban J connectivity index is 2.32. The van der Waals surface area contributed by atoms with E-state index in [0.29, 0.717) is 19.3 Å². The lowest BCUT2D eigenvalue weighted by Gasteiger charge is -2.16. The Morgan fingerprint density at radius 3 is 2.43 bits per heavy atom. The lowest BCUT2D eigenvalue weighted by Crippen LogP contribution is -2.23. The topological polar surface area (TPSA) is 50.7 Å². The number of rotatable bonds is 11. The predicted molar refractivity (Wildman–Crippen MR) is 85.8 cm³/mol. The average molecular weight is 295 g/mol. The maximum Gasteiger partial charge on any atom is 0.119 e. The molecule has 4 nitrogen and oxygen atoms in total. The van der Waals surface area contributed by atoms with Gasteiger partial charge in [-0.1, -0.05) is 32.4 Å². The summed E-state index contributed by atoms with van der Waals surface area (Å²) >= 11 is 0. The molecule has 0 bridgehead atoms. The third-order valence-corrected chi connectivity index (χ3v) is 3.43. The van der Waals surface area contributed by atoms with Crippen LogP contribution < -0.4 is 10.1 Å². The summed E-state index contributed by atoms with van der Waals surface area (Å²) in [7, 11) is 1.97. The number of nitrogens with one attached hydrogen (secondary N) is 1. The second-order valence-electron chi connectivity index (χ2n) is 5.21. The van der Waals surface area contributed by atoms with E-state index in [1.165, 1.54) is 5.56 Å². The van der Waals surface area contributed by atoms with Gasteiger partial charge in [0.25, 0.3) is 0 Å². The SMILES string of the molecule is CCCCOCC(O)COc1ccc(C(CC)NC)cc1. The molecule has 0 aliphatic heterocycles. The number of hydrogen-bond acceptors (Lipinski definition) is 4. The van der Waals surface area contributed by atoms with Gasteiger partial charge in [0.1, 0.15) is 18.5 Å². The van der Waals surface area contributed by atoms with Crippen LogP contribution >= 0.6 is 0 Å². The van der Waals surface area contributed by atoms with Gasteiger partial charge in [-0.2, -0.15) is 0 Å². The van der Waals surface area contributed by atoms with Crippen LogP contribution in [0.2, 0.25) is 0 Å². The molecule has 1 aromatic rings. The summed E-state index contributed by atoms with van der Waals surface area (Å²) in [5.74, 6) is 0.775. The van der Waals surface area contributed by atoms with E-state index in [4.69, 9.17) is 9.47 Å². The Bertz CT molecular complexity index is 363. The molecule has 2 unspecified atom stereocenters. The first kappa shape index (κ1) is 18.0. The Morgan fingerprint density at radius 1 is 1.14 bits per heavy atom. The van der Waals surface area contributed by atoms with Crippen molar-refractivity contribution in [2.24, 2.45) is 0 Å². The highest BCUT2D eigenvalue weighted by molar-refractivity contribution is 5.29. The van der Waals surface area contributed by atoms with Gasteiger partial charge in [0.2, 0.25) is 0 Å². The Kier molecular flexibility index (Phi) is 9.06. The molecule has 0 saturated carbocycles. The molecule has 0 amide bonds. The molecule has 0 spiro atoms. The summed E-state index contributed by atoms with van der Waals surface area (Å²) in [5, 5.41) is 13.0. The predicted octanol–water partition coefficient (Wildman–Crippen LogP) is 2.91. The molecular weight excluding hydrogens is 266 g/mol. The summed E-state index contributed by atoms with van der Waals surface area (Å²) in [5.41, 5.74) is 1.25. The van der Waals surface area contributed by atoms with Gasteiger partial charge in [-0.25, -0.2) is 0 Å². The molecule has 0 aliphatic carbocycles. The zero-order valence-corrected chi connectivity index (χ0v) is 13.5. The molecular formula is C17H29NO3. The molecule has 0 radical (unpaired) electrons. The molecule has 0 aliphatic rings. The van der Waals surface area contributed by atoms with Gasteiger partial charge in [-0.15, -0.1) is 0 Å². The zero-order chi connectivity index (χ0) is 15.5. The van der Waals surface area contributed by atoms with Crippen LogP contribution in [0.5, 0.6) is 5.75 Å². The van der Waals surface area contributed by atoms with E-state index in [0.717, 1.165) is 25.0 Å². The van der Waals surface area contributed by atoms with Crippen molar-refractivity contribution in [3.8, 4) is 5.75 Å². The minimum atomic E-state index is -0.581. The molecule has 0 aromatic heterocycles. The van der Waals surface area contributed by atoms with Crippen molar-refractivity contribution in [3.63, 3.8) is 0 Å². The number of aliphatic hydroxyl groups excluding tert-OH is 1. The van der Waals surface area contributed by atoms with E-state index in [-0.39, 0.29) is 6.61 Å². The lowest BCUT2D eigenvalue weighted by molar-refractivity contribution is 0.0113. The van der Waals surface area contributed by atoms with E-state index >= 15 is 0 Å². The van der Waals surface area contributed by atoms with Gasteiger partial charge >= 0.3 is 0 Å². The quantitative estimate of drug-likeness (QED) is 0.616. The third kappa shape index (κ3) is 6.93. The molecule has 1 aromatic carbocycles. The van der Waals surface area contributed by atoms with E-state index in [1.54, 1.807) is 0 Å². The van der Waals surface area contributed by atoms with Crippen LogP contribution in [0.1, 0.15) is 44.7 Å². The molecule has 2 atom stereocenters. The van der Waals surface area contributed by atoms with Gasteiger partial charge in [0.05, 0.1) is 6.61 Å². The molecule has 120 valence electrons. The van der Waals surface area contributed by atoms with Crippen LogP contribution in [-0.2, 0) is 4.74 Å². The van der Waals surface area contributed by atoms with E-state index < -0.39 is 6.10 Å². The summed E-state index contributed by atoms with van der Waals surface area (Å²) in [6, 6.07) is 8.38. The van der Waals surface area contributed by atoms with E-state index in [1.807, 2.05) is 19.2 Å². The smallest absolute Gasteiger partial charge is 0.119 e. The van der Waals surface area contributed by atoms with Crippen LogP contribution in [0.15, 0.2) is 24.3 Å². The van der Waals surface area contributed by atoms with Crippen LogP contribution in [0, 0.1) is 0 Å². The highest BCUT2D eigenvalue weighted by atomic mass is 16.5. The molecule has 1 rings (SSSR count). The van der Waals surface area contributed by atoms with Crippen LogP contribution in [0.3, 0.4) is 0 Å². The number of unbranched alkanes of at least 4 members (excludes halogenated alkanes) is 1. The van der Waals surface area contributed by atoms with Gasteiger partial charge in [0, 0.05) is 12.6 Å². The largest absolute Gasteiger partial charge is 0.491 e. The maximum atomic E-state index is 9.77. The van der Waals surface area contributed by atoms with Crippen LogP contribution in [0.4, 0.5) is 0 Å². The van der Waals surface area contributed by atoms with Crippen molar-refractivity contribution in [1.82, 2.24) is 5.32 Å². The highest BCUT2D eigenvalue weighted by Gasteiger charge is 2.08. The maximum absolute atomic E-state index is 9.77. The molecule has 0 heterocycles. The van der Waals surface area contributed by atoms with E-state index in [2.05, 4.69) is 31.3 Å². The summed E-state index contributed by atoms with van der Waals surface area (Å²) in [6.45, 7) is 5.55. The first-order valence-corrected chi connectivity index (χ1v) is 7.87. The van der Waals surface area contributed by atoms with Crippen molar-refractivity contribution in [2.75, 3.05) is 26.9 Å². The van der Waals surface area contributed by atoms with Gasteiger partial charge in [-0.3, -0.25) is 0 Å². The fraction of sp³-hybridized carbons (Fsp3) is 0.647. The first-order valence-electron chi connectivity index (χ1n) is 7.87. The van der Waals surface area contributed by atoms with Crippen molar-refractivity contribution < 1.29 is 14.6 Å². The van der Waals surface area contributed by atoms with Crippen molar-refractivity contribution >= 4 is 0 Å². The summed E-state index contributed by atoms with van der Waals surface area (Å²) in [4.78, 5) is 0. The Morgan fingerprint density at radius 2 is 1.86 bits per heavy atom. The Labute approximate surface area is 128 Å². The van der Waals surface area contributed by atoms with Gasteiger partial charge in [-0.05, 0) is 37.6 Å². The monoisotopic (exact) mass is 295 g/mol. The average Bonchev–Trinajstić information content (AvgIpc) is 2.52. The Hall–Kier alpha value is -1.10. The van der Waals surface area contributed by atoms with Crippen molar-refractivity contribution in [1.29, 1.82) is 0 Å². The molecule has 21 heavy (non-hydrogen) atoms. The second-order valence-corrected chi connectivity index (χ2v) is 5.21. The van der Waals surface area contributed by atoms with Crippen LogP contribution in [-0.4, -0.2) is 38.1 Å². The standard InChI is InChI=1S/C17H29NO3/c1-4-6-11-20-12-15(19)13-21-16-9-7-14(8-10-16)17(5-2)18-3/h7-10,15,17-19H,4-6,11-13H2,1-3H3. The number of benzene rings is 1. The fourth-order valence-corrected chi connectivity index (χ4v) is 2.11. The van der Waals surface area contributed by atoms with Gasteiger partial charge in [0.15, 0.2) is 0 Å². The molecule has 4 heteroatoms. The fourth-order valence-electron chi connectivity index (χ4n) is 2.11. The molecule has 0 saturated heterocycles. The second kappa shape index (κ2) is 10.6. The molecule has 2 N–H and O–H groups in total. The normalized spacial score (nSPS) is 13.9. The molecule has 0 fully saturated rings. The number of hydrogen-bond donors (Lipinski definition) is 2. The third-order valence-electron chi connectivity index (χ3n) is 3.43. The minimum Gasteiger partial charge on any atom is -0.491 e. The summed E-state index contributed by atoms with van der Waals surface area (Å²) in [6.07, 6.45) is 2.59. The van der Waals surface area contributed by atoms with Crippen molar-refractivity contribution in [3.05, 3.63) is 29.8 Å². The summed E-state index contributed by atoms with van der Waals surface area (Å²) < 4.78 is 10.9. The lowest BCUT2D eigenvalue weighted by atomic mass is 10.0. The number of ether oxygens (including phenoxy) is 2. The first-order chi connectivity index (χ1) is 10.2. The number of aliphatic hydroxyl groups is 1.